The lowest BCUT2D eigenvalue weighted by Crippen LogP contribution is -1.93. The van der Waals surface area contributed by atoms with Crippen LogP contribution in [-0.4, -0.2) is 9.38 Å². The molecule has 0 fully saturated rings. The molecule has 134 valence electrons. The van der Waals surface area contributed by atoms with Crippen LogP contribution in [0.4, 0.5) is 0 Å². The molecule has 0 bridgehead atoms. The van der Waals surface area contributed by atoms with Gasteiger partial charge in [-0.15, -0.1) is 0 Å². The van der Waals surface area contributed by atoms with E-state index in [1.807, 2.05) is 0 Å². The summed E-state index contributed by atoms with van der Waals surface area (Å²) >= 11 is 0. The Labute approximate surface area is 168 Å². The lowest BCUT2D eigenvalue weighted by Gasteiger charge is -2.13. The summed E-state index contributed by atoms with van der Waals surface area (Å²) in [5.74, 6) is 4.52. The van der Waals surface area contributed by atoms with Gasteiger partial charge < -0.3 is 0 Å². The van der Waals surface area contributed by atoms with Crippen molar-refractivity contribution in [3.8, 4) is 0 Å². The van der Waals surface area contributed by atoms with E-state index in [1.54, 1.807) is 0 Å². The second-order valence-electron chi connectivity index (χ2n) is 7.53. The Balaban J connectivity index is 1.94. The molecular formula is C26H15N2P. The highest BCUT2D eigenvalue weighted by Crippen LogP contribution is 2.39. The largest absolute Gasteiger partial charge is 0.291 e. The number of fused-ring (bicyclic) bond motifs is 12. The van der Waals surface area contributed by atoms with Gasteiger partial charge in [-0.05, 0) is 52.0 Å². The van der Waals surface area contributed by atoms with Crippen molar-refractivity contribution in [1.82, 2.24) is 9.38 Å². The number of hydrogen-bond acceptors (Lipinski definition) is 1. The summed E-state index contributed by atoms with van der Waals surface area (Å²) in [6.07, 6.45) is 0. The topological polar surface area (TPSA) is 17.3 Å². The molecule has 0 unspecified atom stereocenters. The monoisotopic (exact) mass is 386 g/mol. The van der Waals surface area contributed by atoms with Crippen molar-refractivity contribution in [1.29, 1.82) is 0 Å². The van der Waals surface area contributed by atoms with Gasteiger partial charge in [0.05, 0.1) is 16.6 Å². The molecule has 0 spiro atoms. The lowest BCUT2D eigenvalue weighted by atomic mass is 9.97. The molecule has 2 nitrogen and oxygen atoms in total. The van der Waals surface area contributed by atoms with Crippen molar-refractivity contribution in [2.24, 2.45) is 0 Å². The van der Waals surface area contributed by atoms with Gasteiger partial charge in [-0.3, -0.25) is 4.40 Å². The number of aromatic nitrogens is 2. The Kier molecular flexibility index (Phi) is 2.95. The van der Waals surface area contributed by atoms with Gasteiger partial charge in [-0.2, -0.15) is 0 Å². The number of benzene rings is 4. The van der Waals surface area contributed by atoms with E-state index in [9.17, 15) is 0 Å². The molecular weight excluding hydrogens is 371 g/mol. The summed E-state index contributed by atoms with van der Waals surface area (Å²) < 4.78 is 2.37. The van der Waals surface area contributed by atoms with Crippen LogP contribution in [0.3, 0.4) is 0 Å². The zero-order valence-corrected chi connectivity index (χ0v) is 16.4. The van der Waals surface area contributed by atoms with E-state index in [0.29, 0.717) is 0 Å². The first-order valence-electron chi connectivity index (χ1n) is 9.77. The smallest absolute Gasteiger partial charge is 0.146 e. The van der Waals surface area contributed by atoms with Crippen molar-refractivity contribution in [3.63, 3.8) is 0 Å². The second-order valence-corrected chi connectivity index (χ2v) is 8.38. The number of pyridine rings is 1. The first-order chi connectivity index (χ1) is 14.4. The van der Waals surface area contributed by atoms with Crippen LogP contribution in [-0.2, 0) is 0 Å². The third-order valence-corrected chi connectivity index (χ3v) is 6.75. The minimum absolute atomic E-state index is 1.03. The van der Waals surface area contributed by atoms with Crippen molar-refractivity contribution in [2.75, 3.05) is 0 Å². The lowest BCUT2D eigenvalue weighted by molar-refractivity contribution is 1.33. The molecule has 0 amide bonds. The molecule has 3 heteroatoms. The fraction of sp³-hybridized carbons (Fsp3) is 0. The van der Waals surface area contributed by atoms with E-state index < -0.39 is 0 Å². The fourth-order valence-electron chi connectivity index (χ4n) is 4.77. The van der Waals surface area contributed by atoms with E-state index in [4.69, 9.17) is 4.98 Å². The van der Waals surface area contributed by atoms with Gasteiger partial charge in [0.1, 0.15) is 5.65 Å². The molecule has 0 atom stereocenters. The molecule has 0 aliphatic rings. The van der Waals surface area contributed by atoms with E-state index in [-0.39, 0.29) is 0 Å². The zero-order valence-electron chi connectivity index (χ0n) is 15.5. The number of hydrogen-bond donors (Lipinski definition) is 0. The maximum absolute atomic E-state index is 5.08. The minimum Gasteiger partial charge on any atom is -0.291 e. The molecule has 0 aliphatic heterocycles. The summed E-state index contributed by atoms with van der Waals surface area (Å²) in [5, 5.41) is 8.91. The summed E-state index contributed by atoms with van der Waals surface area (Å²) in [7, 11) is 1.22. The molecule has 3 aromatic heterocycles. The molecule has 0 saturated heterocycles. The molecule has 0 saturated carbocycles. The predicted molar refractivity (Wildman–Crippen MR) is 125 cm³/mol. The summed E-state index contributed by atoms with van der Waals surface area (Å²) in [6, 6.07) is 28.4. The van der Waals surface area contributed by atoms with Crippen LogP contribution in [0.2, 0.25) is 0 Å². The molecule has 7 aromatic rings. The molecule has 4 aromatic carbocycles. The van der Waals surface area contributed by atoms with Crippen LogP contribution >= 0.6 is 8.19 Å². The average molecular weight is 386 g/mol. The van der Waals surface area contributed by atoms with E-state index in [2.05, 4.69) is 94.9 Å². The summed E-state index contributed by atoms with van der Waals surface area (Å²) in [5.41, 5.74) is 4.49. The summed E-state index contributed by atoms with van der Waals surface area (Å²) in [6.45, 7) is 0. The highest BCUT2D eigenvalue weighted by molar-refractivity contribution is 7.28. The predicted octanol–water partition coefficient (Wildman–Crippen LogP) is 7.68. The first-order valence-corrected chi connectivity index (χ1v) is 10.8. The normalized spacial score (nSPS) is 12.4. The minimum atomic E-state index is 1.03. The van der Waals surface area contributed by atoms with Crippen molar-refractivity contribution < 1.29 is 0 Å². The molecule has 0 aliphatic carbocycles. The standard InChI is InChI=1S/C26H15N2P/c1-2-6-18-16(5-1)10-12-20-24(18)19-11-9-17-13-14-29-15-21(17)25(19)28-23-8-4-3-7-22(23)27-26(20)28/h1-15H. The molecule has 29 heavy (non-hydrogen) atoms. The highest BCUT2D eigenvalue weighted by atomic mass is 31.0. The van der Waals surface area contributed by atoms with Crippen molar-refractivity contribution in [2.45, 2.75) is 0 Å². The second kappa shape index (κ2) is 5.53. The van der Waals surface area contributed by atoms with Crippen LogP contribution < -0.4 is 0 Å². The quantitative estimate of drug-likeness (QED) is 0.244. The number of para-hydroxylation sites is 2. The van der Waals surface area contributed by atoms with Crippen molar-refractivity contribution >= 4 is 68.1 Å². The third-order valence-electron chi connectivity index (χ3n) is 6.02. The summed E-state index contributed by atoms with van der Waals surface area (Å²) in [4.78, 5) is 5.08. The Bertz CT molecular complexity index is 1760. The van der Waals surface area contributed by atoms with Gasteiger partial charge in [-0.25, -0.2) is 4.98 Å². The van der Waals surface area contributed by atoms with Gasteiger partial charge in [0, 0.05) is 21.5 Å². The van der Waals surface area contributed by atoms with Gasteiger partial charge in [0.15, 0.2) is 0 Å². The zero-order chi connectivity index (χ0) is 18.9. The number of imidazole rings is 1. The van der Waals surface area contributed by atoms with E-state index in [0.717, 1.165) is 16.7 Å². The molecule has 7 rings (SSSR count). The van der Waals surface area contributed by atoms with Crippen LogP contribution in [0.15, 0.2) is 90.5 Å². The maximum atomic E-state index is 5.08. The van der Waals surface area contributed by atoms with Gasteiger partial charge in [0.2, 0.25) is 0 Å². The number of nitrogens with zero attached hydrogens (tertiary/aromatic N) is 2. The SMILES string of the molecule is c1ccc2c(c1)ccc1c2c2ccc3ccpcc3c2n2c3ccccc3nc12. The molecule has 0 radical (unpaired) electrons. The van der Waals surface area contributed by atoms with Crippen LogP contribution in [0, 0.1) is 0 Å². The number of rotatable bonds is 0. The van der Waals surface area contributed by atoms with Gasteiger partial charge in [0.25, 0.3) is 0 Å². The average Bonchev–Trinajstić information content (AvgIpc) is 3.18. The Morgan fingerprint density at radius 3 is 2.41 bits per heavy atom. The van der Waals surface area contributed by atoms with Crippen LogP contribution in [0.25, 0.3) is 59.9 Å². The molecule has 0 N–H and O–H groups in total. The van der Waals surface area contributed by atoms with Crippen LogP contribution in [0.5, 0.6) is 0 Å². The van der Waals surface area contributed by atoms with Crippen molar-refractivity contribution in [3.05, 3.63) is 90.5 Å². The molecule has 3 heterocycles. The highest BCUT2D eigenvalue weighted by Gasteiger charge is 2.16. The van der Waals surface area contributed by atoms with Gasteiger partial charge in [-0.1, -0.05) is 62.8 Å². The first kappa shape index (κ1) is 15.4. The van der Waals surface area contributed by atoms with Gasteiger partial charge >= 0.3 is 0 Å². The fourth-order valence-corrected chi connectivity index (χ4v) is 5.52. The Morgan fingerprint density at radius 1 is 0.655 bits per heavy atom. The maximum Gasteiger partial charge on any atom is 0.146 e. The Morgan fingerprint density at radius 2 is 1.45 bits per heavy atom. The van der Waals surface area contributed by atoms with Crippen LogP contribution in [0.1, 0.15) is 0 Å². The Hall–Kier alpha value is -3.48. The third kappa shape index (κ3) is 1.97. The van der Waals surface area contributed by atoms with E-state index in [1.165, 1.54) is 51.4 Å². The van der Waals surface area contributed by atoms with E-state index >= 15 is 0 Å².